The van der Waals surface area contributed by atoms with Crippen molar-refractivity contribution >= 4 is 47.0 Å². The zero-order chi connectivity index (χ0) is 20.1. The molecule has 0 atom stereocenters. The lowest BCUT2D eigenvalue weighted by Gasteiger charge is -2.31. The maximum atomic E-state index is 12.9. The van der Waals surface area contributed by atoms with Gasteiger partial charge in [0.15, 0.2) is 0 Å². The minimum absolute atomic E-state index is 0.278. The molecule has 0 spiro atoms. The van der Waals surface area contributed by atoms with Crippen molar-refractivity contribution in [2.24, 2.45) is 5.10 Å². The number of hydrazone groups is 1. The Morgan fingerprint density at radius 3 is 2.52 bits per heavy atom. The molecule has 1 N–H and O–H groups in total. The summed E-state index contributed by atoms with van der Waals surface area (Å²) in [6, 6.07) is 16.4. The molecule has 7 heteroatoms. The van der Waals surface area contributed by atoms with E-state index >= 15 is 0 Å². The Balaban J connectivity index is 1.69. The molecule has 0 radical (unpaired) electrons. The fraction of sp³-hybridized carbons (Fsp3) is 0.136. The van der Waals surface area contributed by atoms with Gasteiger partial charge in [0, 0.05) is 28.4 Å². The van der Waals surface area contributed by atoms with Crippen LogP contribution in [0.5, 0.6) is 0 Å². The number of anilines is 1. The van der Waals surface area contributed by atoms with E-state index in [9.17, 15) is 14.6 Å². The number of carbonyl (C=O) groups excluding carboxylic acids is 2. The zero-order valence-corrected chi connectivity index (χ0v) is 15.9. The summed E-state index contributed by atoms with van der Waals surface area (Å²) in [4.78, 5) is 28.7. The van der Waals surface area contributed by atoms with E-state index in [1.54, 1.807) is 30.5 Å². The van der Waals surface area contributed by atoms with Gasteiger partial charge < -0.3 is 5.02 Å². The second-order valence-electron chi connectivity index (χ2n) is 7.21. The van der Waals surface area contributed by atoms with Crippen molar-refractivity contribution in [1.29, 1.82) is 0 Å². The van der Waals surface area contributed by atoms with Crippen LogP contribution in [0.3, 0.4) is 0 Å². The van der Waals surface area contributed by atoms with E-state index in [-0.39, 0.29) is 11.8 Å². The molecule has 0 bridgehead atoms. The van der Waals surface area contributed by atoms with Crippen LogP contribution in [0.1, 0.15) is 39.6 Å². The highest BCUT2D eigenvalue weighted by Crippen LogP contribution is 2.36. The maximum absolute atomic E-state index is 12.9. The van der Waals surface area contributed by atoms with E-state index in [0.717, 1.165) is 11.0 Å². The number of benzene rings is 3. The van der Waals surface area contributed by atoms with Crippen LogP contribution in [0.15, 0.2) is 59.7 Å². The third-order valence-corrected chi connectivity index (χ3v) is 5.49. The first-order chi connectivity index (χ1) is 14.1. The average Bonchev–Trinajstić information content (AvgIpc) is 2.75. The van der Waals surface area contributed by atoms with Gasteiger partial charge in [0.05, 0.1) is 11.9 Å². The van der Waals surface area contributed by atoms with E-state index in [0.29, 0.717) is 40.6 Å². The molecule has 29 heavy (non-hydrogen) atoms. The first-order valence-corrected chi connectivity index (χ1v) is 9.64. The van der Waals surface area contributed by atoms with Gasteiger partial charge >= 0.3 is 7.05 Å². The molecule has 2 amide bonds. The Labute approximate surface area is 168 Å². The van der Waals surface area contributed by atoms with Crippen molar-refractivity contribution in [2.75, 3.05) is 11.5 Å². The number of hydrogen-bond donors (Lipinski definition) is 1. The monoisotopic (exact) mass is 383 g/mol. The van der Waals surface area contributed by atoms with Gasteiger partial charge in [-0.15, -0.1) is 0 Å². The molecule has 0 saturated carbocycles. The van der Waals surface area contributed by atoms with Crippen molar-refractivity contribution < 1.29 is 14.6 Å². The number of nitrogens with zero attached hydrogens (tertiary/aromatic N) is 3. The average molecular weight is 383 g/mol. The smallest absolute Gasteiger partial charge is 0.427 e. The van der Waals surface area contributed by atoms with Crippen LogP contribution in [0.2, 0.25) is 0 Å². The molecule has 0 aromatic heterocycles. The molecule has 5 rings (SSSR count). The lowest BCUT2D eigenvalue weighted by atomic mass is 9.69. The summed E-state index contributed by atoms with van der Waals surface area (Å²) in [5.74, 6) is -0.555. The van der Waals surface area contributed by atoms with Crippen molar-refractivity contribution in [2.45, 2.75) is 13.3 Å². The van der Waals surface area contributed by atoms with Gasteiger partial charge in [0.2, 0.25) is 0 Å². The van der Waals surface area contributed by atoms with Crippen LogP contribution in [0.25, 0.3) is 10.8 Å². The van der Waals surface area contributed by atoms with Gasteiger partial charge in [-0.25, -0.2) is 0 Å². The minimum Gasteiger partial charge on any atom is -0.427 e. The Kier molecular flexibility index (Phi) is 3.99. The standard InChI is InChI=1S/C22H18BN3O3/c1-2-12-25-21(27)16-8-5-7-15-19(11-10-17(20(15)16)22(25)28)26-23(29)18-9-4-3-6-14(18)13-24-26/h3-11,13,29H,2,12H2,1H3. The van der Waals surface area contributed by atoms with Crippen LogP contribution < -0.4 is 10.4 Å². The Bertz CT molecular complexity index is 1180. The molecular formula is C22H18BN3O3. The van der Waals surface area contributed by atoms with Crippen molar-refractivity contribution in [1.82, 2.24) is 4.90 Å². The third kappa shape index (κ3) is 2.51. The summed E-state index contributed by atoms with van der Waals surface area (Å²) >= 11 is 0. The molecular weight excluding hydrogens is 365 g/mol. The van der Waals surface area contributed by atoms with Gasteiger partial charge in [-0.05, 0) is 35.6 Å². The first kappa shape index (κ1) is 17.6. The number of amides is 2. The molecule has 0 aliphatic carbocycles. The Hall–Kier alpha value is -3.45. The van der Waals surface area contributed by atoms with Gasteiger partial charge in [-0.3, -0.25) is 19.4 Å². The predicted octanol–water partition coefficient (Wildman–Crippen LogP) is 2.39. The van der Waals surface area contributed by atoms with E-state index in [2.05, 4.69) is 5.10 Å². The molecule has 2 aliphatic heterocycles. The number of rotatable bonds is 3. The largest absolute Gasteiger partial charge is 0.471 e. The molecule has 2 heterocycles. The van der Waals surface area contributed by atoms with Crippen molar-refractivity contribution in [3.63, 3.8) is 0 Å². The minimum atomic E-state index is -0.958. The molecule has 6 nitrogen and oxygen atoms in total. The zero-order valence-electron chi connectivity index (χ0n) is 15.9. The van der Waals surface area contributed by atoms with Crippen LogP contribution in [0.4, 0.5) is 5.69 Å². The summed E-state index contributed by atoms with van der Waals surface area (Å²) in [5.41, 5.74) is 3.27. The number of imide groups is 1. The van der Waals surface area contributed by atoms with Crippen molar-refractivity contribution in [3.05, 3.63) is 71.3 Å². The molecule has 0 unspecified atom stereocenters. The molecule has 3 aromatic carbocycles. The van der Waals surface area contributed by atoms with Gasteiger partial charge in [-0.2, -0.15) is 5.10 Å². The van der Waals surface area contributed by atoms with Crippen LogP contribution in [-0.4, -0.2) is 41.5 Å². The SMILES string of the molecule is CCCN1C(=O)c2cccc3c(N4N=Cc5ccccc5B4O)ccc(c23)C1=O. The maximum Gasteiger partial charge on any atom is 0.471 e. The fourth-order valence-electron chi connectivity index (χ4n) is 4.13. The Morgan fingerprint density at radius 2 is 1.72 bits per heavy atom. The number of carbonyl (C=O) groups is 2. The predicted molar refractivity (Wildman–Crippen MR) is 114 cm³/mol. The van der Waals surface area contributed by atoms with Gasteiger partial charge in [-0.1, -0.05) is 43.3 Å². The van der Waals surface area contributed by atoms with Crippen LogP contribution in [0, 0.1) is 0 Å². The lowest BCUT2D eigenvalue weighted by molar-refractivity contribution is 0.0610. The van der Waals surface area contributed by atoms with E-state index in [4.69, 9.17) is 0 Å². The molecule has 0 fully saturated rings. The summed E-state index contributed by atoms with van der Waals surface area (Å²) < 4.78 is 0. The molecule has 2 aliphatic rings. The fourth-order valence-corrected chi connectivity index (χ4v) is 4.13. The van der Waals surface area contributed by atoms with Gasteiger partial charge in [0.25, 0.3) is 11.8 Å². The summed E-state index contributed by atoms with van der Waals surface area (Å²) in [7, 11) is -0.958. The number of fused-ring (bicyclic) bond motifs is 1. The molecule has 3 aromatic rings. The summed E-state index contributed by atoms with van der Waals surface area (Å²) in [5, 5.41) is 16.7. The van der Waals surface area contributed by atoms with Crippen molar-refractivity contribution in [3.8, 4) is 0 Å². The molecule has 142 valence electrons. The van der Waals surface area contributed by atoms with E-state index in [1.807, 2.05) is 37.3 Å². The van der Waals surface area contributed by atoms with E-state index < -0.39 is 7.05 Å². The number of hydrogen-bond acceptors (Lipinski definition) is 5. The summed E-state index contributed by atoms with van der Waals surface area (Å²) in [6.45, 7) is 2.33. The highest BCUT2D eigenvalue weighted by molar-refractivity contribution is 6.72. The van der Waals surface area contributed by atoms with Crippen LogP contribution in [-0.2, 0) is 0 Å². The summed E-state index contributed by atoms with van der Waals surface area (Å²) in [6.07, 6.45) is 2.41. The Morgan fingerprint density at radius 1 is 0.966 bits per heavy atom. The second-order valence-corrected chi connectivity index (χ2v) is 7.21. The van der Waals surface area contributed by atoms with Crippen LogP contribution >= 0.6 is 0 Å². The third-order valence-electron chi connectivity index (χ3n) is 5.49. The second kappa shape index (κ2) is 6.56. The van der Waals surface area contributed by atoms with Gasteiger partial charge in [0.1, 0.15) is 0 Å². The first-order valence-electron chi connectivity index (χ1n) is 9.64. The highest BCUT2D eigenvalue weighted by Gasteiger charge is 2.35. The quantitative estimate of drug-likeness (QED) is 0.557. The normalized spacial score (nSPS) is 15.3. The lowest BCUT2D eigenvalue weighted by Crippen LogP contribution is -2.50. The van der Waals surface area contributed by atoms with E-state index in [1.165, 1.54) is 9.82 Å². The highest BCUT2D eigenvalue weighted by atomic mass is 16.2. The topological polar surface area (TPSA) is 73.2 Å². The molecule has 0 saturated heterocycles.